The predicted molar refractivity (Wildman–Crippen MR) is 144 cm³/mol. The SMILES string of the molecule is Cn1cc(NC(=O)c2cnn3cccnc23)c(-c2cc(Oc3cccc([C@H]4COCCN4)c3)ccc2OC(F)F)n1. The second kappa shape index (κ2) is 11.3. The van der Waals surface area contributed by atoms with E-state index in [1.54, 1.807) is 43.8 Å². The van der Waals surface area contributed by atoms with Gasteiger partial charge in [0.15, 0.2) is 5.65 Å². The molecule has 1 fully saturated rings. The van der Waals surface area contributed by atoms with Crippen LogP contribution in [-0.4, -0.2) is 56.7 Å². The second-order valence-corrected chi connectivity index (χ2v) is 9.26. The molecule has 0 aliphatic carbocycles. The van der Waals surface area contributed by atoms with Crippen LogP contribution >= 0.6 is 0 Å². The summed E-state index contributed by atoms with van der Waals surface area (Å²) >= 11 is 0. The van der Waals surface area contributed by atoms with Crippen LogP contribution in [0.4, 0.5) is 14.5 Å². The van der Waals surface area contributed by atoms with E-state index in [-0.39, 0.29) is 34.3 Å². The Morgan fingerprint density at radius 1 is 1.20 bits per heavy atom. The minimum Gasteiger partial charge on any atom is -0.457 e. The number of ether oxygens (including phenoxy) is 3. The van der Waals surface area contributed by atoms with E-state index < -0.39 is 12.5 Å². The standard InChI is InChI=1S/C28H25F2N7O4/c1-36-15-22(34-27(38)21-14-33-37-10-3-8-32-26(21)37)25(35-36)20-13-19(6-7-24(20)41-28(29)30)40-18-5-2-4-17(12-18)23-16-39-11-9-31-23/h2-8,10,12-15,23,28,31H,9,11,16H2,1H3,(H,34,38)/t23-/m1/s1. The fourth-order valence-corrected chi connectivity index (χ4v) is 4.62. The summed E-state index contributed by atoms with van der Waals surface area (Å²) in [4.78, 5) is 17.4. The fourth-order valence-electron chi connectivity index (χ4n) is 4.62. The molecule has 0 unspecified atom stereocenters. The van der Waals surface area contributed by atoms with Gasteiger partial charge in [-0.15, -0.1) is 0 Å². The molecule has 1 aliphatic rings. The van der Waals surface area contributed by atoms with Gasteiger partial charge in [0.05, 0.1) is 36.7 Å². The highest BCUT2D eigenvalue weighted by Crippen LogP contribution is 2.39. The number of carbonyl (C=O) groups is 1. The lowest BCUT2D eigenvalue weighted by Crippen LogP contribution is -2.34. The molecule has 5 aromatic rings. The quantitative estimate of drug-likeness (QED) is 0.286. The Labute approximate surface area is 232 Å². The molecule has 0 spiro atoms. The number of morpholine rings is 1. The summed E-state index contributed by atoms with van der Waals surface area (Å²) in [5.74, 6) is 0.296. The van der Waals surface area contributed by atoms with E-state index in [2.05, 4.69) is 25.8 Å². The van der Waals surface area contributed by atoms with Crippen molar-refractivity contribution in [2.75, 3.05) is 25.1 Å². The Morgan fingerprint density at radius 2 is 2.07 bits per heavy atom. The van der Waals surface area contributed by atoms with Gasteiger partial charge in [0, 0.05) is 32.2 Å². The minimum absolute atomic E-state index is 0.0349. The summed E-state index contributed by atoms with van der Waals surface area (Å²) in [6.07, 6.45) is 6.19. The van der Waals surface area contributed by atoms with Gasteiger partial charge in [-0.2, -0.15) is 19.0 Å². The molecule has 1 saturated heterocycles. The summed E-state index contributed by atoms with van der Waals surface area (Å²) in [5.41, 5.74) is 2.29. The van der Waals surface area contributed by atoms with Crippen LogP contribution in [0, 0.1) is 0 Å². The lowest BCUT2D eigenvalue weighted by molar-refractivity contribution is -0.0494. The number of hydrogen-bond donors (Lipinski definition) is 2. The molecule has 4 heterocycles. The summed E-state index contributed by atoms with van der Waals surface area (Å²) in [6, 6.07) is 13.7. The van der Waals surface area contributed by atoms with E-state index in [4.69, 9.17) is 14.2 Å². The molecule has 13 heteroatoms. The second-order valence-electron chi connectivity index (χ2n) is 9.26. The van der Waals surface area contributed by atoms with E-state index in [1.165, 1.54) is 27.5 Å². The molecule has 0 saturated carbocycles. The number of aryl methyl sites for hydroxylation is 1. The Morgan fingerprint density at radius 3 is 2.90 bits per heavy atom. The van der Waals surface area contributed by atoms with E-state index in [0.29, 0.717) is 30.4 Å². The van der Waals surface area contributed by atoms with Gasteiger partial charge in [0.2, 0.25) is 0 Å². The molecule has 6 rings (SSSR count). The first-order valence-corrected chi connectivity index (χ1v) is 12.8. The number of aromatic nitrogens is 5. The van der Waals surface area contributed by atoms with Crippen LogP contribution in [0.25, 0.3) is 16.9 Å². The topological polar surface area (TPSA) is 117 Å². The van der Waals surface area contributed by atoms with Gasteiger partial charge in [0.1, 0.15) is 28.5 Å². The molecular formula is C28H25F2N7O4. The normalized spacial score (nSPS) is 15.3. The van der Waals surface area contributed by atoms with Gasteiger partial charge in [-0.3, -0.25) is 9.48 Å². The largest absolute Gasteiger partial charge is 0.457 e. The highest BCUT2D eigenvalue weighted by Gasteiger charge is 2.22. The van der Waals surface area contributed by atoms with E-state index in [9.17, 15) is 13.6 Å². The molecule has 1 amide bonds. The molecule has 41 heavy (non-hydrogen) atoms. The summed E-state index contributed by atoms with van der Waals surface area (Å²) in [7, 11) is 1.65. The number of amides is 1. The summed E-state index contributed by atoms with van der Waals surface area (Å²) in [6.45, 7) is -1.11. The number of carbonyl (C=O) groups excluding carboxylic acids is 1. The lowest BCUT2D eigenvalue weighted by atomic mass is 10.1. The Balaban J connectivity index is 1.32. The van der Waals surface area contributed by atoms with Crippen LogP contribution in [0.5, 0.6) is 17.2 Å². The third-order valence-electron chi connectivity index (χ3n) is 6.44. The van der Waals surface area contributed by atoms with Crippen LogP contribution in [0.3, 0.4) is 0 Å². The Hall–Kier alpha value is -4.88. The van der Waals surface area contributed by atoms with E-state index in [1.807, 2.05) is 18.2 Å². The monoisotopic (exact) mass is 561 g/mol. The van der Waals surface area contributed by atoms with Crippen molar-refractivity contribution in [1.29, 1.82) is 0 Å². The van der Waals surface area contributed by atoms with Crippen molar-refractivity contribution < 1.29 is 27.8 Å². The van der Waals surface area contributed by atoms with Crippen molar-refractivity contribution in [1.82, 2.24) is 29.7 Å². The van der Waals surface area contributed by atoms with Crippen LogP contribution in [-0.2, 0) is 11.8 Å². The van der Waals surface area contributed by atoms with Crippen LogP contribution < -0.4 is 20.1 Å². The molecule has 1 atom stereocenters. The van der Waals surface area contributed by atoms with Crippen molar-refractivity contribution >= 4 is 17.2 Å². The molecule has 2 aromatic carbocycles. The summed E-state index contributed by atoms with van der Waals surface area (Å²) < 4.78 is 46.1. The van der Waals surface area contributed by atoms with Crippen molar-refractivity contribution in [3.63, 3.8) is 0 Å². The maximum Gasteiger partial charge on any atom is 0.387 e. The molecule has 1 aliphatic heterocycles. The number of nitrogens with one attached hydrogen (secondary N) is 2. The number of anilines is 1. The first-order valence-electron chi connectivity index (χ1n) is 12.8. The number of benzene rings is 2. The van der Waals surface area contributed by atoms with Crippen molar-refractivity contribution in [2.24, 2.45) is 7.05 Å². The van der Waals surface area contributed by atoms with Gasteiger partial charge in [0.25, 0.3) is 5.91 Å². The molecule has 0 bridgehead atoms. The predicted octanol–water partition coefficient (Wildman–Crippen LogP) is 4.44. The van der Waals surface area contributed by atoms with Crippen molar-refractivity contribution in [3.05, 3.63) is 84.4 Å². The van der Waals surface area contributed by atoms with Gasteiger partial charge in [-0.05, 0) is 42.0 Å². The smallest absolute Gasteiger partial charge is 0.387 e. The number of alkyl halides is 2. The van der Waals surface area contributed by atoms with E-state index >= 15 is 0 Å². The maximum atomic E-state index is 13.4. The zero-order chi connectivity index (χ0) is 28.3. The number of hydrogen-bond acceptors (Lipinski definition) is 8. The average molecular weight is 562 g/mol. The molecule has 11 nitrogen and oxygen atoms in total. The highest BCUT2D eigenvalue weighted by atomic mass is 19.3. The van der Waals surface area contributed by atoms with Gasteiger partial charge in [-0.1, -0.05) is 12.1 Å². The third-order valence-corrected chi connectivity index (χ3v) is 6.44. The average Bonchev–Trinajstić information content (AvgIpc) is 3.57. The number of nitrogens with zero attached hydrogens (tertiary/aromatic N) is 5. The number of fused-ring (bicyclic) bond motifs is 1. The van der Waals surface area contributed by atoms with Crippen molar-refractivity contribution in [3.8, 4) is 28.5 Å². The Bertz CT molecular complexity index is 1700. The molecule has 0 radical (unpaired) electrons. The van der Waals surface area contributed by atoms with Crippen LogP contribution in [0.15, 0.2) is 73.3 Å². The van der Waals surface area contributed by atoms with Crippen LogP contribution in [0.2, 0.25) is 0 Å². The van der Waals surface area contributed by atoms with Gasteiger partial charge in [-0.25, -0.2) is 9.50 Å². The zero-order valence-electron chi connectivity index (χ0n) is 21.8. The molecule has 2 N–H and O–H groups in total. The van der Waals surface area contributed by atoms with Crippen molar-refractivity contribution in [2.45, 2.75) is 12.7 Å². The lowest BCUT2D eigenvalue weighted by Gasteiger charge is -2.24. The molecular weight excluding hydrogens is 536 g/mol. The minimum atomic E-state index is -3.07. The highest BCUT2D eigenvalue weighted by molar-refractivity contribution is 6.09. The third kappa shape index (κ3) is 5.71. The number of rotatable bonds is 8. The Kier molecular flexibility index (Phi) is 7.27. The first kappa shape index (κ1) is 26.3. The first-order chi connectivity index (χ1) is 19.9. The molecule has 3 aromatic heterocycles. The van der Waals surface area contributed by atoms with Gasteiger partial charge < -0.3 is 24.8 Å². The fraction of sp³-hybridized carbons (Fsp3) is 0.214. The van der Waals surface area contributed by atoms with E-state index in [0.717, 1.165) is 12.1 Å². The van der Waals surface area contributed by atoms with Crippen LogP contribution in [0.1, 0.15) is 22.0 Å². The zero-order valence-corrected chi connectivity index (χ0v) is 21.8. The van der Waals surface area contributed by atoms with Gasteiger partial charge >= 0.3 is 6.61 Å². The number of halogens is 2. The molecule has 210 valence electrons. The maximum absolute atomic E-state index is 13.4. The summed E-state index contributed by atoms with van der Waals surface area (Å²) in [5, 5.41) is 14.8.